The van der Waals surface area contributed by atoms with Gasteiger partial charge in [0, 0.05) is 33.7 Å². The molecule has 1 aromatic carbocycles. The minimum absolute atomic E-state index is 0.0817. The molecule has 1 atom stereocenters. The average Bonchev–Trinajstić information content (AvgIpc) is 3.39. The Bertz CT molecular complexity index is 1420. The lowest BCUT2D eigenvalue weighted by molar-refractivity contribution is 0.0487. The van der Waals surface area contributed by atoms with Crippen molar-refractivity contribution >= 4 is 62.4 Å². The fourth-order valence-corrected chi connectivity index (χ4v) is 5.04. The van der Waals surface area contributed by atoms with Gasteiger partial charge in [0.05, 0.1) is 25.5 Å². The van der Waals surface area contributed by atoms with Gasteiger partial charge in [-0.25, -0.2) is 24.5 Å². The summed E-state index contributed by atoms with van der Waals surface area (Å²) < 4.78 is 7.85. The fraction of sp³-hybridized carbons (Fsp3) is 0.391. The molecular formula is C23H24BrClN8O4. The molecule has 0 bridgehead atoms. The number of alkyl carbamates (subject to hydrolysis) is 1. The number of rotatable bonds is 5. The van der Waals surface area contributed by atoms with Crippen molar-refractivity contribution in [3.63, 3.8) is 0 Å². The Morgan fingerprint density at radius 1 is 1.32 bits per heavy atom. The van der Waals surface area contributed by atoms with Crippen molar-refractivity contribution in [2.24, 2.45) is 0 Å². The predicted octanol–water partition coefficient (Wildman–Crippen LogP) is 4.38. The molecule has 4 rings (SSSR count). The van der Waals surface area contributed by atoms with Gasteiger partial charge in [0.25, 0.3) is 0 Å². The number of amides is 2. The van der Waals surface area contributed by atoms with E-state index in [-0.39, 0.29) is 12.4 Å². The number of anilines is 2. The fourth-order valence-electron chi connectivity index (χ4n) is 4.12. The van der Waals surface area contributed by atoms with Crippen LogP contribution >= 0.6 is 27.5 Å². The number of hydrogen-bond donors (Lipinski definition) is 3. The Morgan fingerprint density at radius 3 is 2.76 bits per heavy atom. The van der Waals surface area contributed by atoms with Gasteiger partial charge in [-0.05, 0) is 32.9 Å². The van der Waals surface area contributed by atoms with Crippen LogP contribution in [0.3, 0.4) is 0 Å². The Hall–Kier alpha value is -3.63. The number of aromatic nitrogens is 4. The first-order valence-corrected chi connectivity index (χ1v) is 12.4. The second-order valence-corrected chi connectivity index (χ2v) is 10.9. The van der Waals surface area contributed by atoms with E-state index in [2.05, 4.69) is 47.6 Å². The van der Waals surface area contributed by atoms with Crippen LogP contribution in [0.1, 0.15) is 32.8 Å². The van der Waals surface area contributed by atoms with Crippen molar-refractivity contribution in [1.29, 1.82) is 5.26 Å². The zero-order valence-corrected chi connectivity index (χ0v) is 22.6. The Morgan fingerprint density at radius 2 is 2.08 bits per heavy atom. The first kappa shape index (κ1) is 26.4. The molecule has 2 amide bonds. The highest BCUT2D eigenvalue weighted by Gasteiger charge is 2.41. The van der Waals surface area contributed by atoms with E-state index in [1.54, 1.807) is 43.8 Å². The summed E-state index contributed by atoms with van der Waals surface area (Å²) in [5, 5.41) is 24.5. The first-order chi connectivity index (χ1) is 17.4. The lowest BCUT2D eigenvalue weighted by atomic mass is 10.0. The second-order valence-electron chi connectivity index (χ2n) is 9.57. The van der Waals surface area contributed by atoms with Gasteiger partial charge in [0.2, 0.25) is 0 Å². The van der Waals surface area contributed by atoms with Gasteiger partial charge in [0.1, 0.15) is 17.5 Å². The lowest BCUT2D eigenvalue weighted by Crippen LogP contribution is -2.51. The van der Waals surface area contributed by atoms with Crippen molar-refractivity contribution in [3.05, 3.63) is 39.8 Å². The molecule has 3 aromatic rings. The van der Waals surface area contributed by atoms with Crippen molar-refractivity contribution in [2.45, 2.75) is 44.9 Å². The smallest absolute Gasteiger partial charge is 0.410 e. The Kier molecular flexibility index (Phi) is 7.16. The summed E-state index contributed by atoms with van der Waals surface area (Å²) in [7, 11) is 0. The molecule has 3 heterocycles. The third kappa shape index (κ3) is 5.86. The van der Waals surface area contributed by atoms with Gasteiger partial charge in [-0.15, -0.1) is 0 Å². The van der Waals surface area contributed by atoms with E-state index in [0.29, 0.717) is 35.7 Å². The summed E-state index contributed by atoms with van der Waals surface area (Å²) in [6, 6.07) is 5.81. The number of ether oxygens (including phenoxy) is 1. The number of hydrogen-bond acceptors (Lipinski definition) is 8. The SMILES string of the molecule is CC(C)(C)OC(=O)N[C@]1(C#N)CCN(c2cc(Cl)cc(Br)c2Cn2cnc3c(NC(=O)O)ncnc32)C1. The van der Waals surface area contributed by atoms with E-state index in [1.807, 2.05) is 4.90 Å². The molecule has 0 spiro atoms. The molecule has 2 aromatic heterocycles. The molecule has 14 heteroatoms. The molecule has 1 aliphatic heterocycles. The van der Waals surface area contributed by atoms with Crippen LogP contribution in [-0.2, 0) is 11.3 Å². The summed E-state index contributed by atoms with van der Waals surface area (Å²) in [6.45, 7) is 6.29. The van der Waals surface area contributed by atoms with Gasteiger partial charge < -0.3 is 24.6 Å². The maximum Gasteiger partial charge on any atom is 0.410 e. The van der Waals surface area contributed by atoms with Crippen LogP contribution in [0, 0.1) is 11.3 Å². The number of nitrogens with zero attached hydrogens (tertiary/aromatic N) is 6. The molecule has 0 aliphatic carbocycles. The molecule has 194 valence electrons. The summed E-state index contributed by atoms with van der Waals surface area (Å²) in [4.78, 5) is 38.0. The zero-order valence-electron chi connectivity index (χ0n) is 20.2. The molecule has 12 nitrogen and oxygen atoms in total. The molecule has 1 aliphatic rings. The minimum Gasteiger partial charge on any atom is -0.465 e. The van der Waals surface area contributed by atoms with Crippen LogP contribution in [0.25, 0.3) is 11.2 Å². The molecule has 0 unspecified atom stereocenters. The molecule has 0 radical (unpaired) electrons. The van der Waals surface area contributed by atoms with E-state index in [9.17, 15) is 14.9 Å². The quantitative estimate of drug-likeness (QED) is 0.391. The van der Waals surface area contributed by atoms with Gasteiger partial charge in [0.15, 0.2) is 17.0 Å². The van der Waals surface area contributed by atoms with Crippen molar-refractivity contribution in [1.82, 2.24) is 24.8 Å². The number of imidazole rings is 1. The first-order valence-electron chi connectivity index (χ1n) is 11.2. The predicted molar refractivity (Wildman–Crippen MR) is 140 cm³/mol. The number of halogens is 2. The van der Waals surface area contributed by atoms with Crippen LogP contribution in [0.15, 0.2) is 29.3 Å². The highest BCUT2D eigenvalue weighted by molar-refractivity contribution is 9.10. The standard InChI is InChI=1S/C23H24BrClN8O4/c1-22(2,3)37-21(36)31-23(9-26)4-5-32(10-23)16-7-13(25)6-15(24)14(16)8-33-12-29-17-18(30-20(34)35)27-11-28-19(17)33/h6-7,11-12H,4-5,8,10H2,1-3H3,(H,31,36)(H,34,35)(H,27,28,30)/t23-/m0/s1. The molecule has 3 N–H and O–H groups in total. The van der Waals surface area contributed by atoms with Crippen LogP contribution in [0.5, 0.6) is 0 Å². The van der Waals surface area contributed by atoms with Crippen LogP contribution < -0.4 is 15.5 Å². The van der Waals surface area contributed by atoms with E-state index < -0.39 is 23.3 Å². The third-order valence-electron chi connectivity index (χ3n) is 5.66. The van der Waals surface area contributed by atoms with Gasteiger partial charge >= 0.3 is 12.2 Å². The molecule has 1 saturated heterocycles. The third-order valence-corrected chi connectivity index (χ3v) is 6.58. The summed E-state index contributed by atoms with van der Waals surface area (Å²) in [5.41, 5.74) is 0.513. The number of carbonyl (C=O) groups excluding carboxylic acids is 1. The number of fused-ring (bicyclic) bond motifs is 1. The number of nitrogens with one attached hydrogen (secondary N) is 2. The normalized spacial score (nSPS) is 17.5. The van der Waals surface area contributed by atoms with Crippen LogP contribution in [0.2, 0.25) is 5.02 Å². The molecule has 37 heavy (non-hydrogen) atoms. The summed E-state index contributed by atoms with van der Waals surface area (Å²) in [6.07, 6.45) is 1.28. The van der Waals surface area contributed by atoms with Gasteiger partial charge in [-0.2, -0.15) is 5.26 Å². The van der Waals surface area contributed by atoms with Crippen molar-refractivity contribution in [2.75, 3.05) is 23.3 Å². The van der Waals surface area contributed by atoms with E-state index in [4.69, 9.17) is 21.4 Å². The van der Waals surface area contributed by atoms with Crippen LogP contribution in [-0.4, -0.2) is 61.0 Å². The lowest BCUT2D eigenvalue weighted by Gasteiger charge is -2.28. The topological polar surface area (TPSA) is 158 Å². The molecule has 0 saturated carbocycles. The maximum absolute atomic E-state index is 12.4. The van der Waals surface area contributed by atoms with Crippen LogP contribution in [0.4, 0.5) is 21.1 Å². The van der Waals surface area contributed by atoms with E-state index in [0.717, 1.165) is 15.7 Å². The number of benzene rings is 1. The summed E-state index contributed by atoms with van der Waals surface area (Å²) >= 11 is 9.99. The monoisotopic (exact) mass is 590 g/mol. The summed E-state index contributed by atoms with van der Waals surface area (Å²) in [5.74, 6) is 0.0817. The Labute approximate surface area is 225 Å². The number of carbonyl (C=O) groups is 2. The maximum atomic E-state index is 12.4. The van der Waals surface area contributed by atoms with E-state index in [1.165, 1.54) is 6.33 Å². The number of nitriles is 1. The number of carboxylic acid groups (broad SMARTS) is 1. The largest absolute Gasteiger partial charge is 0.465 e. The zero-order chi connectivity index (χ0) is 27.0. The molecule has 1 fully saturated rings. The second kappa shape index (κ2) is 10.0. The van der Waals surface area contributed by atoms with Crippen molar-refractivity contribution in [3.8, 4) is 6.07 Å². The van der Waals surface area contributed by atoms with Gasteiger partial charge in [-0.3, -0.25) is 5.32 Å². The van der Waals surface area contributed by atoms with E-state index >= 15 is 0 Å². The molecular weight excluding hydrogens is 568 g/mol. The van der Waals surface area contributed by atoms with Crippen molar-refractivity contribution < 1.29 is 19.4 Å². The minimum atomic E-state index is -1.26. The Balaban J connectivity index is 1.65. The average molecular weight is 592 g/mol. The highest BCUT2D eigenvalue weighted by atomic mass is 79.9. The van der Waals surface area contributed by atoms with Gasteiger partial charge in [-0.1, -0.05) is 27.5 Å². The highest BCUT2D eigenvalue weighted by Crippen LogP contribution is 2.37.